The highest BCUT2D eigenvalue weighted by atomic mass is 16.5. The van der Waals surface area contributed by atoms with E-state index in [1.165, 1.54) is 64.2 Å². The van der Waals surface area contributed by atoms with Crippen molar-refractivity contribution in [1.29, 1.82) is 0 Å². The summed E-state index contributed by atoms with van der Waals surface area (Å²) in [6, 6.07) is 0. The highest BCUT2D eigenvalue weighted by Gasteiger charge is 2.38. The van der Waals surface area contributed by atoms with Crippen molar-refractivity contribution in [1.82, 2.24) is 5.32 Å². The second-order valence-corrected chi connectivity index (χ2v) is 7.53. The number of ether oxygens (including phenoxy) is 1. The van der Waals surface area contributed by atoms with Crippen molar-refractivity contribution in [2.75, 3.05) is 13.6 Å². The van der Waals surface area contributed by atoms with E-state index in [1.54, 1.807) is 0 Å². The van der Waals surface area contributed by atoms with Gasteiger partial charge in [-0.15, -0.1) is 0 Å². The first-order chi connectivity index (χ1) is 9.65. The molecular formula is C18H35NO. The van der Waals surface area contributed by atoms with Crippen molar-refractivity contribution in [2.24, 2.45) is 11.8 Å². The SMILES string of the molecule is CNCC1(OC2CCCCCC2)CCC(C(C)C)CC1. The lowest BCUT2D eigenvalue weighted by molar-refractivity contribution is -0.123. The van der Waals surface area contributed by atoms with Gasteiger partial charge in [-0.25, -0.2) is 0 Å². The molecule has 20 heavy (non-hydrogen) atoms. The summed E-state index contributed by atoms with van der Waals surface area (Å²) in [6.07, 6.45) is 13.9. The number of rotatable bonds is 5. The second-order valence-electron chi connectivity index (χ2n) is 7.53. The lowest BCUT2D eigenvalue weighted by atomic mass is 9.74. The van der Waals surface area contributed by atoms with Gasteiger partial charge in [0, 0.05) is 6.54 Å². The molecule has 0 aromatic rings. The van der Waals surface area contributed by atoms with Gasteiger partial charge in [-0.2, -0.15) is 0 Å². The quantitative estimate of drug-likeness (QED) is 0.748. The smallest absolute Gasteiger partial charge is 0.0810 e. The lowest BCUT2D eigenvalue weighted by Crippen LogP contribution is -2.47. The summed E-state index contributed by atoms with van der Waals surface area (Å²) in [7, 11) is 2.08. The first-order valence-corrected chi connectivity index (χ1v) is 8.98. The first kappa shape index (κ1) is 16.3. The summed E-state index contributed by atoms with van der Waals surface area (Å²) in [6.45, 7) is 5.79. The topological polar surface area (TPSA) is 21.3 Å². The van der Waals surface area contributed by atoms with Crippen molar-refractivity contribution in [3.63, 3.8) is 0 Å². The summed E-state index contributed by atoms with van der Waals surface area (Å²) in [5.41, 5.74) is 0.134. The van der Waals surface area contributed by atoms with Gasteiger partial charge in [0.25, 0.3) is 0 Å². The molecule has 0 spiro atoms. The molecule has 118 valence electrons. The summed E-state index contributed by atoms with van der Waals surface area (Å²) >= 11 is 0. The minimum atomic E-state index is 0.134. The third-order valence-electron chi connectivity index (χ3n) is 5.60. The van der Waals surface area contributed by atoms with Crippen molar-refractivity contribution >= 4 is 0 Å². The van der Waals surface area contributed by atoms with Crippen LogP contribution in [0.25, 0.3) is 0 Å². The van der Waals surface area contributed by atoms with Gasteiger partial charge in [-0.1, -0.05) is 39.5 Å². The number of nitrogens with one attached hydrogen (secondary N) is 1. The Hall–Kier alpha value is -0.0800. The fraction of sp³-hybridized carbons (Fsp3) is 1.00. The average Bonchev–Trinajstić information content (AvgIpc) is 2.68. The minimum absolute atomic E-state index is 0.134. The van der Waals surface area contributed by atoms with Crippen molar-refractivity contribution in [3.05, 3.63) is 0 Å². The maximum Gasteiger partial charge on any atom is 0.0810 e. The molecule has 0 amide bonds. The van der Waals surface area contributed by atoms with Gasteiger partial charge in [-0.05, 0) is 57.4 Å². The van der Waals surface area contributed by atoms with E-state index in [2.05, 4.69) is 26.2 Å². The third kappa shape index (κ3) is 4.46. The number of hydrogen-bond acceptors (Lipinski definition) is 2. The molecule has 1 N–H and O–H groups in total. The van der Waals surface area contributed by atoms with Gasteiger partial charge < -0.3 is 10.1 Å². The summed E-state index contributed by atoms with van der Waals surface area (Å²) < 4.78 is 6.71. The highest BCUT2D eigenvalue weighted by Crippen LogP contribution is 2.39. The van der Waals surface area contributed by atoms with Crippen LogP contribution in [0.15, 0.2) is 0 Å². The fourth-order valence-electron chi connectivity index (χ4n) is 4.20. The van der Waals surface area contributed by atoms with Crippen LogP contribution >= 0.6 is 0 Å². The molecule has 2 saturated carbocycles. The highest BCUT2D eigenvalue weighted by molar-refractivity contribution is 4.91. The molecule has 2 heteroatoms. The van der Waals surface area contributed by atoms with Crippen LogP contribution in [0.3, 0.4) is 0 Å². The first-order valence-electron chi connectivity index (χ1n) is 8.98. The van der Waals surface area contributed by atoms with Crippen LogP contribution in [-0.2, 0) is 4.74 Å². The molecule has 0 unspecified atom stereocenters. The van der Waals surface area contributed by atoms with Crippen LogP contribution < -0.4 is 5.32 Å². The van der Waals surface area contributed by atoms with Gasteiger partial charge in [0.2, 0.25) is 0 Å². The van der Waals surface area contributed by atoms with Crippen molar-refractivity contribution in [2.45, 2.75) is 89.8 Å². The summed E-state index contributed by atoms with van der Waals surface area (Å²) in [5, 5.41) is 3.40. The molecule has 2 rings (SSSR count). The van der Waals surface area contributed by atoms with Crippen molar-refractivity contribution < 1.29 is 4.74 Å². The normalized spacial score (nSPS) is 33.3. The number of likely N-dealkylation sites (N-methyl/N-ethyl adjacent to an activating group) is 1. The third-order valence-corrected chi connectivity index (χ3v) is 5.60. The molecule has 2 fully saturated rings. The number of hydrogen-bond donors (Lipinski definition) is 1. The molecule has 0 radical (unpaired) electrons. The molecule has 0 saturated heterocycles. The van der Waals surface area contributed by atoms with Crippen LogP contribution in [0.2, 0.25) is 0 Å². The predicted molar refractivity (Wildman–Crippen MR) is 86.0 cm³/mol. The van der Waals surface area contributed by atoms with Crippen LogP contribution in [0.4, 0.5) is 0 Å². The summed E-state index contributed by atoms with van der Waals surface area (Å²) in [4.78, 5) is 0. The molecule has 0 bridgehead atoms. The van der Waals surface area contributed by atoms with Gasteiger partial charge in [0.15, 0.2) is 0 Å². The maximum atomic E-state index is 6.71. The molecule has 0 atom stereocenters. The Morgan fingerprint density at radius 2 is 1.60 bits per heavy atom. The van der Waals surface area contributed by atoms with Gasteiger partial charge in [0.1, 0.15) is 0 Å². The minimum Gasteiger partial charge on any atom is -0.370 e. The Morgan fingerprint density at radius 1 is 1.00 bits per heavy atom. The molecule has 2 aliphatic rings. The Bertz CT molecular complexity index is 261. The van der Waals surface area contributed by atoms with E-state index in [0.717, 1.165) is 18.4 Å². The molecular weight excluding hydrogens is 246 g/mol. The zero-order valence-electron chi connectivity index (χ0n) is 13.9. The average molecular weight is 281 g/mol. The Balaban J connectivity index is 1.92. The maximum absolute atomic E-state index is 6.71. The van der Waals surface area contributed by atoms with E-state index < -0.39 is 0 Å². The Morgan fingerprint density at radius 3 is 2.10 bits per heavy atom. The van der Waals surface area contributed by atoms with Gasteiger partial charge in [-0.3, -0.25) is 0 Å². The van der Waals surface area contributed by atoms with E-state index in [9.17, 15) is 0 Å². The van der Waals surface area contributed by atoms with Crippen LogP contribution in [0.5, 0.6) is 0 Å². The molecule has 2 aliphatic carbocycles. The molecule has 0 aromatic carbocycles. The van der Waals surface area contributed by atoms with E-state index in [4.69, 9.17) is 4.74 Å². The largest absolute Gasteiger partial charge is 0.370 e. The van der Waals surface area contributed by atoms with E-state index in [-0.39, 0.29) is 5.60 Å². The predicted octanol–water partition coefficient (Wildman–Crippen LogP) is 4.53. The molecule has 0 aromatic heterocycles. The molecule has 0 heterocycles. The molecule has 2 nitrogen and oxygen atoms in total. The van der Waals surface area contributed by atoms with E-state index in [1.807, 2.05) is 0 Å². The monoisotopic (exact) mass is 281 g/mol. The molecule has 0 aliphatic heterocycles. The van der Waals surface area contributed by atoms with E-state index >= 15 is 0 Å². The lowest BCUT2D eigenvalue weighted by Gasteiger charge is -2.43. The Kier molecular flexibility index (Phi) is 6.35. The zero-order valence-corrected chi connectivity index (χ0v) is 13.9. The van der Waals surface area contributed by atoms with Gasteiger partial charge >= 0.3 is 0 Å². The second kappa shape index (κ2) is 7.79. The standard InChI is InChI=1S/C18H35NO/c1-15(2)16-10-12-18(13-11-16,14-19-3)20-17-8-6-4-5-7-9-17/h15-17,19H,4-14H2,1-3H3. The Labute approximate surface area is 126 Å². The van der Waals surface area contributed by atoms with Crippen LogP contribution in [0, 0.1) is 11.8 Å². The fourth-order valence-corrected chi connectivity index (χ4v) is 4.20. The van der Waals surface area contributed by atoms with Gasteiger partial charge in [0.05, 0.1) is 11.7 Å². The van der Waals surface area contributed by atoms with Crippen LogP contribution in [-0.4, -0.2) is 25.3 Å². The van der Waals surface area contributed by atoms with Crippen LogP contribution in [0.1, 0.15) is 78.1 Å². The zero-order chi connectivity index (χ0) is 14.4. The van der Waals surface area contributed by atoms with Crippen molar-refractivity contribution in [3.8, 4) is 0 Å². The summed E-state index contributed by atoms with van der Waals surface area (Å²) in [5.74, 6) is 1.75. The van der Waals surface area contributed by atoms with E-state index in [0.29, 0.717) is 6.10 Å².